The number of halogens is 1. The average Bonchev–Trinajstić information content (AvgIpc) is 2.74. The fourth-order valence-corrected chi connectivity index (χ4v) is 1.58. The van der Waals surface area contributed by atoms with Crippen LogP contribution in [0.1, 0.15) is 6.42 Å². The molecule has 1 aromatic rings. The zero-order chi connectivity index (χ0) is 13.0. The molecule has 6 heteroatoms. The lowest BCUT2D eigenvalue weighted by Gasteiger charge is -2.09. The van der Waals surface area contributed by atoms with Gasteiger partial charge in [-0.1, -0.05) is 11.6 Å². The first-order valence-electron chi connectivity index (χ1n) is 5.39. The lowest BCUT2D eigenvalue weighted by Crippen LogP contribution is -2.26. The molecule has 96 valence electrons. The fourth-order valence-electron chi connectivity index (χ4n) is 1.45. The van der Waals surface area contributed by atoms with E-state index < -0.39 is 18.0 Å². The van der Waals surface area contributed by atoms with Gasteiger partial charge in [-0.2, -0.15) is 0 Å². The Morgan fingerprint density at radius 1 is 1.39 bits per heavy atom. The van der Waals surface area contributed by atoms with Crippen molar-refractivity contribution in [1.82, 2.24) is 0 Å². The number of benzene rings is 1. The average molecular weight is 271 g/mol. The van der Waals surface area contributed by atoms with Gasteiger partial charge in [0.1, 0.15) is 5.75 Å². The predicted octanol–water partition coefficient (Wildman–Crippen LogP) is 1.58. The van der Waals surface area contributed by atoms with Crippen LogP contribution in [0.25, 0.3) is 0 Å². The lowest BCUT2D eigenvalue weighted by atomic mass is 10.3. The Bertz CT molecular complexity index is 442. The van der Waals surface area contributed by atoms with E-state index in [2.05, 4.69) is 4.74 Å². The Balaban J connectivity index is 1.78. The molecular formula is C12H11ClO5. The van der Waals surface area contributed by atoms with E-state index in [-0.39, 0.29) is 13.2 Å². The standard InChI is InChI=1S/C12H11ClO5/c13-8-1-3-9(4-2-8)17-7-11(14)18-10-5-6-16-12(10)15/h1-4,10H,5-7H2/t10-/m0/s1. The monoisotopic (exact) mass is 270 g/mol. The number of carbonyl (C=O) groups excluding carboxylic acids is 2. The zero-order valence-corrected chi connectivity index (χ0v) is 10.2. The molecule has 0 N–H and O–H groups in total. The van der Waals surface area contributed by atoms with Crippen molar-refractivity contribution in [3.05, 3.63) is 29.3 Å². The quantitative estimate of drug-likeness (QED) is 0.778. The summed E-state index contributed by atoms with van der Waals surface area (Å²) in [5, 5.41) is 0.582. The third-order valence-corrected chi connectivity index (χ3v) is 2.58. The maximum absolute atomic E-state index is 11.4. The molecule has 1 aliphatic heterocycles. The number of rotatable bonds is 4. The van der Waals surface area contributed by atoms with Gasteiger partial charge < -0.3 is 14.2 Å². The SMILES string of the molecule is O=C(COc1ccc(Cl)cc1)O[C@H]1CCOC1=O. The normalized spacial score (nSPS) is 18.3. The first-order chi connectivity index (χ1) is 8.65. The highest BCUT2D eigenvalue weighted by atomic mass is 35.5. The third-order valence-electron chi connectivity index (χ3n) is 2.33. The summed E-state index contributed by atoms with van der Waals surface area (Å²) in [5.41, 5.74) is 0. The van der Waals surface area contributed by atoms with Gasteiger partial charge >= 0.3 is 11.9 Å². The molecule has 2 rings (SSSR count). The van der Waals surface area contributed by atoms with Gasteiger partial charge in [-0.05, 0) is 24.3 Å². The second kappa shape index (κ2) is 5.73. The molecule has 0 amide bonds. The first-order valence-corrected chi connectivity index (χ1v) is 5.77. The van der Waals surface area contributed by atoms with Gasteiger partial charge in [0.15, 0.2) is 6.61 Å². The Labute approximate surface area is 109 Å². The molecule has 0 unspecified atom stereocenters. The Morgan fingerprint density at radius 3 is 2.72 bits per heavy atom. The Kier molecular flexibility index (Phi) is 4.04. The van der Waals surface area contributed by atoms with E-state index in [0.717, 1.165) is 0 Å². The molecule has 0 spiro atoms. The molecule has 0 aromatic heterocycles. The summed E-state index contributed by atoms with van der Waals surface area (Å²) in [6.45, 7) is 0.0280. The molecule has 5 nitrogen and oxygen atoms in total. The number of hydrogen-bond acceptors (Lipinski definition) is 5. The smallest absolute Gasteiger partial charge is 0.347 e. The molecule has 1 aliphatic rings. The van der Waals surface area contributed by atoms with Crippen LogP contribution >= 0.6 is 11.6 Å². The molecular weight excluding hydrogens is 260 g/mol. The van der Waals surface area contributed by atoms with Crippen molar-refractivity contribution >= 4 is 23.5 Å². The molecule has 1 atom stereocenters. The van der Waals surface area contributed by atoms with Gasteiger partial charge in [0.25, 0.3) is 0 Å². The van der Waals surface area contributed by atoms with Gasteiger partial charge in [-0.15, -0.1) is 0 Å². The van der Waals surface area contributed by atoms with Crippen LogP contribution < -0.4 is 4.74 Å². The van der Waals surface area contributed by atoms with Crippen molar-refractivity contribution in [2.75, 3.05) is 13.2 Å². The van der Waals surface area contributed by atoms with Crippen molar-refractivity contribution in [3.8, 4) is 5.75 Å². The molecule has 0 bridgehead atoms. The van der Waals surface area contributed by atoms with Crippen LogP contribution in [0, 0.1) is 0 Å². The van der Waals surface area contributed by atoms with Crippen LogP contribution in [0.3, 0.4) is 0 Å². The number of cyclic esters (lactones) is 1. The van der Waals surface area contributed by atoms with E-state index in [1.165, 1.54) is 0 Å². The number of carbonyl (C=O) groups is 2. The van der Waals surface area contributed by atoms with E-state index in [1.807, 2.05) is 0 Å². The van der Waals surface area contributed by atoms with E-state index in [0.29, 0.717) is 17.2 Å². The van der Waals surface area contributed by atoms with Gasteiger partial charge in [0.05, 0.1) is 6.61 Å². The minimum absolute atomic E-state index is 0.259. The number of hydrogen-bond donors (Lipinski definition) is 0. The molecule has 1 heterocycles. The topological polar surface area (TPSA) is 61.8 Å². The first kappa shape index (κ1) is 12.7. The molecule has 18 heavy (non-hydrogen) atoms. The van der Waals surface area contributed by atoms with Crippen molar-refractivity contribution in [2.45, 2.75) is 12.5 Å². The van der Waals surface area contributed by atoms with Crippen molar-refractivity contribution in [3.63, 3.8) is 0 Å². The Morgan fingerprint density at radius 2 is 2.11 bits per heavy atom. The van der Waals surface area contributed by atoms with Crippen LogP contribution in [-0.2, 0) is 19.1 Å². The summed E-state index contributed by atoms with van der Waals surface area (Å²) in [6, 6.07) is 6.58. The summed E-state index contributed by atoms with van der Waals surface area (Å²) < 4.78 is 14.8. The van der Waals surface area contributed by atoms with Gasteiger partial charge in [-0.25, -0.2) is 9.59 Å². The van der Waals surface area contributed by atoms with E-state index >= 15 is 0 Å². The highest BCUT2D eigenvalue weighted by molar-refractivity contribution is 6.30. The Hall–Kier alpha value is -1.75. The summed E-state index contributed by atoms with van der Waals surface area (Å²) in [7, 11) is 0. The number of esters is 2. The molecule has 0 saturated carbocycles. The summed E-state index contributed by atoms with van der Waals surface area (Å²) in [6.07, 6.45) is -0.405. The molecule has 1 fully saturated rings. The van der Waals surface area contributed by atoms with Gasteiger partial charge in [-0.3, -0.25) is 0 Å². The van der Waals surface area contributed by atoms with Crippen LogP contribution in [0.15, 0.2) is 24.3 Å². The largest absolute Gasteiger partial charge is 0.482 e. The van der Waals surface area contributed by atoms with Crippen molar-refractivity contribution in [2.24, 2.45) is 0 Å². The second-order valence-electron chi connectivity index (χ2n) is 3.68. The predicted molar refractivity (Wildman–Crippen MR) is 62.4 cm³/mol. The highest BCUT2D eigenvalue weighted by Gasteiger charge is 2.30. The van der Waals surface area contributed by atoms with Crippen LogP contribution in [0.4, 0.5) is 0 Å². The summed E-state index contributed by atoms with van der Waals surface area (Å²) in [5.74, 6) is -0.603. The number of ether oxygens (including phenoxy) is 3. The van der Waals surface area contributed by atoms with E-state index in [9.17, 15) is 9.59 Å². The van der Waals surface area contributed by atoms with Gasteiger partial charge in [0.2, 0.25) is 6.10 Å². The second-order valence-corrected chi connectivity index (χ2v) is 4.11. The van der Waals surface area contributed by atoms with Gasteiger partial charge in [0, 0.05) is 11.4 Å². The molecule has 1 aromatic carbocycles. The van der Waals surface area contributed by atoms with E-state index in [1.54, 1.807) is 24.3 Å². The minimum Gasteiger partial charge on any atom is -0.482 e. The summed E-state index contributed by atoms with van der Waals surface area (Å²) in [4.78, 5) is 22.5. The van der Waals surface area contributed by atoms with Crippen molar-refractivity contribution in [1.29, 1.82) is 0 Å². The zero-order valence-electron chi connectivity index (χ0n) is 9.43. The maximum Gasteiger partial charge on any atom is 0.347 e. The molecule has 1 saturated heterocycles. The van der Waals surface area contributed by atoms with Crippen molar-refractivity contribution < 1.29 is 23.8 Å². The van der Waals surface area contributed by atoms with Crippen LogP contribution in [-0.4, -0.2) is 31.3 Å². The minimum atomic E-state index is -0.800. The van der Waals surface area contributed by atoms with E-state index in [4.69, 9.17) is 21.1 Å². The maximum atomic E-state index is 11.4. The van der Waals surface area contributed by atoms with Crippen LogP contribution in [0.5, 0.6) is 5.75 Å². The molecule has 0 radical (unpaired) electrons. The fraction of sp³-hybridized carbons (Fsp3) is 0.333. The molecule has 0 aliphatic carbocycles. The van der Waals surface area contributed by atoms with Crippen LogP contribution in [0.2, 0.25) is 5.02 Å². The lowest BCUT2D eigenvalue weighted by molar-refractivity contribution is -0.161. The highest BCUT2D eigenvalue weighted by Crippen LogP contribution is 2.16. The summed E-state index contributed by atoms with van der Waals surface area (Å²) >= 11 is 5.71. The third kappa shape index (κ3) is 3.37.